The Balaban J connectivity index is 1.17. The molecule has 208 valence electrons. The maximum absolute atomic E-state index is 5.05. The number of thiophene rings is 2. The molecule has 0 amide bonds. The Morgan fingerprint density at radius 2 is 1.16 bits per heavy atom. The van der Waals surface area contributed by atoms with Crippen LogP contribution >= 0.6 is 22.7 Å². The van der Waals surface area contributed by atoms with Gasteiger partial charge in [-0.25, -0.2) is 15.0 Å². The summed E-state index contributed by atoms with van der Waals surface area (Å²) in [6, 6.07) is 40.7. The summed E-state index contributed by atoms with van der Waals surface area (Å²) in [7, 11) is 0. The summed E-state index contributed by atoms with van der Waals surface area (Å²) in [5.41, 5.74) is 6.72. The molecule has 1 aliphatic rings. The van der Waals surface area contributed by atoms with Crippen LogP contribution in [0.25, 0.3) is 81.6 Å². The lowest BCUT2D eigenvalue weighted by molar-refractivity contribution is 1.02. The fourth-order valence-corrected chi connectivity index (χ4v) is 8.58. The summed E-state index contributed by atoms with van der Waals surface area (Å²) in [4.78, 5) is 16.5. The fraction of sp³-hybridized carbons (Fsp3) is 0.0513. The summed E-state index contributed by atoms with van der Waals surface area (Å²) in [5.74, 6) is 2.04. The first-order valence-corrected chi connectivity index (χ1v) is 16.5. The van der Waals surface area contributed by atoms with Crippen molar-refractivity contribution in [2.45, 2.75) is 12.8 Å². The van der Waals surface area contributed by atoms with Crippen molar-refractivity contribution >= 4 is 59.0 Å². The number of aryl methyl sites for hydroxylation is 1. The van der Waals surface area contributed by atoms with Crippen molar-refractivity contribution in [1.29, 1.82) is 0 Å². The molecule has 0 saturated heterocycles. The molecule has 3 nitrogen and oxygen atoms in total. The van der Waals surface area contributed by atoms with E-state index in [1.807, 2.05) is 40.9 Å². The van der Waals surface area contributed by atoms with E-state index in [0.29, 0.717) is 17.5 Å². The average molecular weight is 600 g/mol. The molecule has 1 aliphatic carbocycles. The Morgan fingerprint density at radius 1 is 0.500 bits per heavy atom. The van der Waals surface area contributed by atoms with Crippen LogP contribution in [0.1, 0.15) is 16.9 Å². The van der Waals surface area contributed by atoms with Crippen LogP contribution in [-0.4, -0.2) is 15.0 Å². The van der Waals surface area contributed by atoms with E-state index >= 15 is 0 Å². The summed E-state index contributed by atoms with van der Waals surface area (Å²) in [5, 5.41) is 3.90. The molecule has 5 aromatic carbocycles. The summed E-state index contributed by atoms with van der Waals surface area (Å²) >= 11 is 3.75. The van der Waals surface area contributed by atoms with E-state index in [1.54, 1.807) is 0 Å². The second-order valence-electron chi connectivity index (χ2n) is 11.1. The van der Waals surface area contributed by atoms with E-state index in [1.165, 1.54) is 51.8 Å². The number of benzene rings is 5. The summed E-state index contributed by atoms with van der Waals surface area (Å²) in [6.07, 6.45) is 6.78. The number of rotatable bonds is 4. The largest absolute Gasteiger partial charge is 0.208 e. The zero-order valence-corrected chi connectivity index (χ0v) is 25.3. The highest BCUT2D eigenvalue weighted by Gasteiger charge is 2.17. The van der Waals surface area contributed by atoms with Gasteiger partial charge in [0.05, 0.1) is 0 Å². The number of fused-ring (bicyclic) bond motifs is 6. The summed E-state index contributed by atoms with van der Waals surface area (Å²) < 4.78 is 3.93. The van der Waals surface area contributed by atoms with Gasteiger partial charge in [-0.2, -0.15) is 0 Å². The van der Waals surface area contributed by atoms with Gasteiger partial charge in [0.2, 0.25) is 0 Å². The number of hydrogen-bond donors (Lipinski definition) is 0. The second-order valence-corrected chi connectivity index (χ2v) is 13.3. The first kappa shape index (κ1) is 25.5. The zero-order valence-electron chi connectivity index (χ0n) is 23.7. The predicted octanol–water partition coefficient (Wildman–Crippen LogP) is 11.1. The van der Waals surface area contributed by atoms with E-state index in [0.717, 1.165) is 29.5 Å². The molecule has 3 aromatic heterocycles. The van der Waals surface area contributed by atoms with Gasteiger partial charge in [0.15, 0.2) is 17.5 Å². The van der Waals surface area contributed by atoms with Crippen LogP contribution in [0.4, 0.5) is 0 Å². The van der Waals surface area contributed by atoms with Gasteiger partial charge in [0.1, 0.15) is 0 Å². The molecule has 3 heterocycles. The molecule has 44 heavy (non-hydrogen) atoms. The average Bonchev–Trinajstić information content (AvgIpc) is 3.67. The Morgan fingerprint density at radius 3 is 2.00 bits per heavy atom. The van der Waals surface area contributed by atoms with Gasteiger partial charge in [-0.05, 0) is 59.9 Å². The first-order chi connectivity index (χ1) is 21.8. The van der Waals surface area contributed by atoms with E-state index in [-0.39, 0.29) is 0 Å². The van der Waals surface area contributed by atoms with Crippen LogP contribution in [0, 0.1) is 0 Å². The molecule has 0 aliphatic heterocycles. The highest BCUT2D eigenvalue weighted by molar-refractivity contribution is 7.26. The molecule has 5 heteroatoms. The van der Waals surface area contributed by atoms with Gasteiger partial charge in [0.25, 0.3) is 0 Å². The Bertz CT molecular complexity index is 2380. The molecular weight excluding hydrogens is 575 g/mol. The second kappa shape index (κ2) is 10.3. The lowest BCUT2D eigenvalue weighted by Gasteiger charge is -2.10. The maximum atomic E-state index is 5.05. The lowest BCUT2D eigenvalue weighted by Crippen LogP contribution is -2.00. The Labute approximate surface area is 262 Å². The van der Waals surface area contributed by atoms with Crippen molar-refractivity contribution in [3.05, 3.63) is 132 Å². The minimum atomic E-state index is 0.673. The van der Waals surface area contributed by atoms with Crippen molar-refractivity contribution in [3.63, 3.8) is 0 Å². The molecule has 9 rings (SSSR count). The van der Waals surface area contributed by atoms with Gasteiger partial charge < -0.3 is 0 Å². The van der Waals surface area contributed by atoms with Crippen molar-refractivity contribution in [1.82, 2.24) is 15.0 Å². The molecule has 0 spiro atoms. The third-order valence-corrected chi connectivity index (χ3v) is 10.8. The topological polar surface area (TPSA) is 38.7 Å². The van der Waals surface area contributed by atoms with Crippen LogP contribution < -0.4 is 0 Å². The maximum Gasteiger partial charge on any atom is 0.164 e. The minimum Gasteiger partial charge on any atom is -0.208 e. The standard InChI is InChI=1S/C39H25N3S2/c1-2-9-25(10-3-1)37-40-38(42-39(41-37)27-21-22-34-31(23-27)29-11-4-6-14-32(29)43-34)26-19-17-24(18-20-26)28-13-8-16-35-36(28)30-12-5-7-15-33(30)44-35/h1-5,7-13,15-23H,6,14H2. The van der Waals surface area contributed by atoms with Crippen LogP contribution in [-0.2, 0) is 6.42 Å². The smallest absolute Gasteiger partial charge is 0.164 e. The molecule has 0 N–H and O–H groups in total. The van der Waals surface area contributed by atoms with Crippen molar-refractivity contribution in [3.8, 4) is 45.3 Å². The van der Waals surface area contributed by atoms with Gasteiger partial charge in [0, 0.05) is 51.8 Å². The van der Waals surface area contributed by atoms with Crippen LogP contribution in [0.2, 0.25) is 0 Å². The molecule has 0 atom stereocenters. The third kappa shape index (κ3) is 4.28. The van der Waals surface area contributed by atoms with Gasteiger partial charge >= 0.3 is 0 Å². The van der Waals surface area contributed by atoms with Gasteiger partial charge in [-0.3, -0.25) is 0 Å². The van der Waals surface area contributed by atoms with E-state index in [4.69, 9.17) is 15.0 Å². The lowest BCUT2D eigenvalue weighted by atomic mass is 9.98. The number of hydrogen-bond acceptors (Lipinski definition) is 5. The van der Waals surface area contributed by atoms with E-state index in [9.17, 15) is 0 Å². The first-order valence-electron chi connectivity index (χ1n) is 14.8. The number of allylic oxidation sites excluding steroid dienone is 1. The molecule has 0 radical (unpaired) electrons. The van der Waals surface area contributed by atoms with E-state index in [2.05, 4.69) is 109 Å². The highest BCUT2D eigenvalue weighted by atomic mass is 32.1. The normalized spacial score (nSPS) is 12.7. The van der Waals surface area contributed by atoms with Crippen molar-refractivity contribution in [2.75, 3.05) is 0 Å². The third-order valence-electron chi connectivity index (χ3n) is 8.41. The van der Waals surface area contributed by atoms with Gasteiger partial charge in [-0.1, -0.05) is 97.1 Å². The molecule has 0 fully saturated rings. The Hall–Kier alpha value is -4.97. The molecule has 0 unspecified atom stereocenters. The fourth-order valence-electron chi connectivity index (χ4n) is 6.26. The van der Waals surface area contributed by atoms with E-state index < -0.39 is 0 Å². The molecule has 0 bridgehead atoms. The van der Waals surface area contributed by atoms with Crippen molar-refractivity contribution in [2.24, 2.45) is 0 Å². The SMILES string of the molecule is C1=Cc2c(sc3ccc(-c4nc(-c5ccccc5)nc(-c5ccc(-c6cccc7sc8ccccc8c67)cc5)n4)cc23)CC1. The predicted molar refractivity (Wildman–Crippen MR) is 187 cm³/mol. The van der Waals surface area contributed by atoms with Crippen molar-refractivity contribution < 1.29 is 0 Å². The van der Waals surface area contributed by atoms with Crippen LogP contribution in [0.15, 0.2) is 121 Å². The number of nitrogens with zero attached hydrogens (tertiary/aromatic N) is 3. The number of aromatic nitrogens is 3. The van der Waals surface area contributed by atoms with Crippen LogP contribution in [0.5, 0.6) is 0 Å². The molecular formula is C39H25N3S2. The molecule has 8 aromatic rings. The van der Waals surface area contributed by atoms with Crippen LogP contribution in [0.3, 0.4) is 0 Å². The quantitative estimate of drug-likeness (QED) is 0.202. The molecule has 0 saturated carbocycles. The summed E-state index contributed by atoms with van der Waals surface area (Å²) in [6.45, 7) is 0. The minimum absolute atomic E-state index is 0.673. The monoisotopic (exact) mass is 599 g/mol. The van der Waals surface area contributed by atoms with Gasteiger partial charge in [-0.15, -0.1) is 22.7 Å². The Kier molecular flexibility index (Phi) is 6.00. The highest BCUT2D eigenvalue weighted by Crippen LogP contribution is 2.41. The zero-order chi connectivity index (χ0) is 29.0.